The molecular formula is C11H12Br3NO2. The van der Waals surface area contributed by atoms with Crippen molar-refractivity contribution in [2.45, 2.75) is 26.4 Å². The van der Waals surface area contributed by atoms with Crippen LogP contribution in [0.3, 0.4) is 0 Å². The predicted molar refractivity (Wildman–Crippen MR) is 79.4 cm³/mol. The van der Waals surface area contributed by atoms with Gasteiger partial charge in [-0.2, -0.15) is 0 Å². The summed E-state index contributed by atoms with van der Waals surface area (Å²) in [6.45, 7) is 5.45. The highest BCUT2D eigenvalue weighted by Gasteiger charge is 2.18. The van der Waals surface area contributed by atoms with E-state index in [0.717, 1.165) is 13.4 Å². The van der Waals surface area contributed by atoms with Gasteiger partial charge in [-0.1, -0.05) is 15.9 Å². The maximum Gasteiger partial charge on any atom is 0.412 e. The molecule has 1 aromatic rings. The molecule has 1 aromatic carbocycles. The highest BCUT2D eigenvalue weighted by atomic mass is 79.9. The fourth-order valence-electron chi connectivity index (χ4n) is 1.07. The average molecular weight is 430 g/mol. The van der Waals surface area contributed by atoms with Crippen molar-refractivity contribution in [1.29, 1.82) is 0 Å². The normalized spacial score (nSPS) is 11.2. The number of nitrogens with one attached hydrogen (secondary N) is 1. The predicted octanol–water partition coefficient (Wildman–Crippen LogP) is 5.32. The van der Waals surface area contributed by atoms with Crippen molar-refractivity contribution in [3.8, 4) is 0 Å². The van der Waals surface area contributed by atoms with E-state index in [2.05, 4.69) is 53.1 Å². The zero-order chi connectivity index (χ0) is 13.2. The molecule has 1 amide bonds. The van der Waals surface area contributed by atoms with Gasteiger partial charge in [0.1, 0.15) is 5.60 Å². The van der Waals surface area contributed by atoms with Gasteiger partial charge in [0.15, 0.2) is 0 Å². The van der Waals surface area contributed by atoms with Gasteiger partial charge in [-0.15, -0.1) is 0 Å². The van der Waals surface area contributed by atoms with E-state index in [1.54, 1.807) is 0 Å². The number of hydrogen-bond acceptors (Lipinski definition) is 2. The van der Waals surface area contributed by atoms with Gasteiger partial charge in [0, 0.05) is 13.4 Å². The fourth-order valence-corrected chi connectivity index (χ4v) is 3.52. The number of amides is 1. The molecule has 0 saturated carbocycles. The van der Waals surface area contributed by atoms with Crippen molar-refractivity contribution >= 4 is 59.6 Å². The van der Waals surface area contributed by atoms with Crippen LogP contribution in [0.5, 0.6) is 0 Å². The summed E-state index contributed by atoms with van der Waals surface area (Å²) in [4.78, 5) is 11.6. The van der Waals surface area contributed by atoms with Crippen molar-refractivity contribution in [2.75, 3.05) is 5.32 Å². The summed E-state index contributed by atoms with van der Waals surface area (Å²) in [6, 6.07) is 3.69. The van der Waals surface area contributed by atoms with E-state index < -0.39 is 11.7 Å². The first kappa shape index (κ1) is 15.0. The van der Waals surface area contributed by atoms with Crippen LogP contribution in [0.2, 0.25) is 0 Å². The number of benzene rings is 1. The molecular weight excluding hydrogens is 418 g/mol. The standard InChI is InChI=1S/C11H12Br3NO2/c1-11(2,3)17-10(16)15-9-7(13)4-6(12)5-8(9)14/h4-5H,1-3H3,(H,15,16). The maximum atomic E-state index is 11.6. The van der Waals surface area contributed by atoms with E-state index >= 15 is 0 Å². The second-order valence-corrected chi connectivity index (χ2v) is 7.00. The Morgan fingerprint density at radius 2 is 1.65 bits per heavy atom. The second-order valence-electron chi connectivity index (χ2n) is 4.37. The van der Waals surface area contributed by atoms with Crippen molar-refractivity contribution in [1.82, 2.24) is 0 Å². The lowest BCUT2D eigenvalue weighted by Gasteiger charge is -2.20. The Morgan fingerprint density at radius 3 is 2.06 bits per heavy atom. The van der Waals surface area contributed by atoms with Crippen LogP contribution in [0.4, 0.5) is 10.5 Å². The van der Waals surface area contributed by atoms with E-state index in [-0.39, 0.29) is 0 Å². The third-order valence-corrected chi connectivity index (χ3v) is 3.34. The summed E-state index contributed by atoms with van der Waals surface area (Å²) in [5.74, 6) is 0. The number of carbonyl (C=O) groups is 1. The van der Waals surface area contributed by atoms with Crippen LogP contribution in [0.25, 0.3) is 0 Å². The first-order chi connectivity index (χ1) is 7.69. The molecule has 0 atom stereocenters. The molecule has 94 valence electrons. The maximum absolute atomic E-state index is 11.6. The Balaban J connectivity index is 2.86. The van der Waals surface area contributed by atoms with Gasteiger partial charge < -0.3 is 4.74 Å². The highest BCUT2D eigenvalue weighted by molar-refractivity contribution is 9.11. The van der Waals surface area contributed by atoms with Crippen LogP contribution in [-0.2, 0) is 4.74 Å². The molecule has 0 aliphatic heterocycles. The Morgan fingerprint density at radius 1 is 1.18 bits per heavy atom. The topological polar surface area (TPSA) is 38.3 Å². The fraction of sp³-hybridized carbons (Fsp3) is 0.364. The summed E-state index contributed by atoms with van der Waals surface area (Å²) in [5.41, 5.74) is 0.126. The Labute approximate surface area is 126 Å². The summed E-state index contributed by atoms with van der Waals surface area (Å²) < 4.78 is 7.62. The number of halogens is 3. The van der Waals surface area contributed by atoms with Crippen molar-refractivity contribution in [3.05, 3.63) is 25.6 Å². The average Bonchev–Trinajstić information content (AvgIpc) is 2.08. The molecule has 0 heterocycles. The number of carbonyl (C=O) groups excluding carboxylic acids is 1. The lowest BCUT2D eigenvalue weighted by atomic mass is 10.2. The van der Waals surface area contributed by atoms with Crippen LogP contribution < -0.4 is 5.32 Å². The number of anilines is 1. The number of hydrogen-bond donors (Lipinski definition) is 1. The molecule has 6 heteroatoms. The largest absolute Gasteiger partial charge is 0.444 e. The van der Waals surface area contributed by atoms with Crippen LogP contribution in [0.1, 0.15) is 20.8 Å². The Hall–Kier alpha value is -0.0700. The molecule has 1 rings (SSSR count). The summed E-state index contributed by atoms with van der Waals surface area (Å²) in [5, 5.41) is 2.69. The van der Waals surface area contributed by atoms with Crippen LogP contribution >= 0.6 is 47.8 Å². The zero-order valence-electron chi connectivity index (χ0n) is 9.61. The smallest absolute Gasteiger partial charge is 0.412 e. The number of rotatable bonds is 1. The van der Waals surface area contributed by atoms with Crippen molar-refractivity contribution in [2.24, 2.45) is 0 Å². The van der Waals surface area contributed by atoms with Crippen LogP contribution in [-0.4, -0.2) is 11.7 Å². The van der Waals surface area contributed by atoms with Crippen molar-refractivity contribution < 1.29 is 9.53 Å². The molecule has 0 spiro atoms. The van der Waals surface area contributed by atoms with E-state index in [9.17, 15) is 4.79 Å². The molecule has 0 aromatic heterocycles. The van der Waals surface area contributed by atoms with Gasteiger partial charge in [0.05, 0.1) is 5.69 Å². The Kier molecular flexibility index (Phi) is 5.04. The minimum Gasteiger partial charge on any atom is -0.444 e. The molecule has 17 heavy (non-hydrogen) atoms. The molecule has 0 unspecified atom stereocenters. The lowest BCUT2D eigenvalue weighted by molar-refractivity contribution is 0.0635. The summed E-state index contributed by atoms with van der Waals surface area (Å²) in [7, 11) is 0. The Bertz CT molecular complexity index is 418. The molecule has 0 fully saturated rings. The number of ether oxygens (including phenoxy) is 1. The SMILES string of the molecule is CC(C)(C)OC(=O)Nc1c(Br)cc(Br)cc1Br. The van der Waals surface area contributed by atoms with Crippen LogP contribution in [0, 0.1) is 0 Å². The summed E-state index contributed by atoms with van der Waals surface area (Å²) in [6.07, 6.45) is -0.485. The molecule has 0 bridgehead atoms. The zero-order valence-corrected chi connectivity index (χ0v) is 14.4. The first-order valence-corrected chi connectivity index (χ1v) is 7.21. The highest BCUT2D eigenvalue weighted by Crippen LogP contribution is 2.34. The molecule has 0 radical (unpaired) electrons. The molecule has 0 aliphatic carbocycles. The third-order valence-electron chi connectivity index (χ3n) is 1.63. The molecule has 1 N–H and O–H groups in total. The minimum absolute atomic E-state index is 0.485. The summed E-state index contributed by atoms with van der Waals surface area (Å²) >= 11 is 10.1. The van der Waals surface area contributed by atoms with Gasteiger partial charge in [0.2, 0.25) is 0 Å². The first-order valence-electron chi connectivity index (χ1n) is 4.83. The minimum atomic E-state index is -0.515. The monoisotopic (exact) mass is 427 g/mol. The van der Waals surface area contributed by atoms with Crippen molar-refractivity contribution in [3.63, 3.8) is 0 Å². The van der Waals surface area contributed by atoms with E-state index in [1.165, 1.54) is 0 Å². The van der Waals surface area contributed by atoms with Gasteiger partial charge in [-0.25, -0.2) is 4.79 Å². The van der Waals surface area contributed by atoms with E-state index in [1.807, 2.05) is 32.9 Å². The van der Waals surface area contributed by atoms with Gasteiger partial charge in [-0.05, 0) is 64.8 Å². The quantitative estimate of drug-likeness (QED) is 0.656. The van der Waals surface area contributed by atoms with Gasteiger partial charge >= 0.3 is 6.09 Å². The van der Waals surface area contributed by atoms with Crippen LogP contribution in [0.15, 0.2) is 25.6 Å². The molecule has 0 aliphatic rings. The third kappa shape index (κ3) is 4.97. The van der Waals surface area contributed by atoms with E-state index in [4.69, 9.17) is 4.74 Å². The van der Waals surface area contributed by atoms with E-state index in [0.29, 0.717) is 5.69 Å². The molecule has 0 saturated heterocycles. The second kappa shape index (κ2) is 5.71. The molecule has 3 nitrogen and oxygen atoms in total. The van der Waals surface area contributed by atoms with Gasteiger partial charge in [0.25, 0.3) is 0 Å². The van der Waals surface area contributed by atoms with Gasteiger partial charge in [-0.3, -0.25) is 5.32 Å². The lowest BCUT2D eigenvalue weighted by Crippen LogP contribution is -2.27.